The highest BCUT2D eigenvalue weighted by molar-refractivity contribution is 6.39. The van der Waals surface area contributed by atoms with Gasteiger partial charge >= 0.3 is 11.8 Å². The second-order valence-electron chi connectivity index (χ2n) is 9.33. The van der Waals surface area contributed by atoms with E-state index in [1.165, 1.54) is 5.69 Å². The summed E-state index contributed by atoms with van der Waals surface area (Å²) in [7, 11) is 1.55. The van der Waals surface area contributed by atoms with Gasteiger partial charge in [-0.2, -0.15) is 0 Å². The molecule has 186 valence electrons. The van der Waals surface area contributed by atoms with Gasteiger partial charge < -0.3 is 30.3 Å². The molecule has 9 nitrogen and oxygen atoms in total. The van der Waals surface area contributed by atoms with E-state index in [9.17, 15) is 9.59 Å². The van der Waals surface area contributed by atoms with Crippen molar-refractivity contribution in [2.45, 2.75) is 19.4 Å². The van der Waals surface area contributed by atoms with Gasteiger partial charge in [-0.1, -0.05) is 18.2 Å². The highest BCUT2D eigenvalue weighted by Crippen LogP contribution is 2.29. The van der Waals surface area contributed by atoms with Crippen LogP contribution in [0, 0.1) is 0 Å². The van der Waals surface area contributed by atoms with Gasteiger partial charge in [-0.15, -0.1) is 0 Å². The van der Waals surface area contributed by atoms with E-state index in [2.05, 4.69) is 50.0 Å². The Morgan fingerprint density at radius 3 is 2.46 bits per heavy atom. The number of rotatable bonds is 7. The SMILES string of the molecule is COc1cc(NC(=O)C(=O)NC(C)(C)CN2CCN(c3ccccc3)CC2)ccc1C1=COCN1. The summed E-state index contributed by atoms with van der Waals surface area (Å²) in [5.41, 5.74) is 2.74. The van der Waals surface area contributed by atoms with Crippen molar-refractivity contribution in [2.24, 2.45) is 0 Å². The Labute approximate surface area is 206 Å². The van der Waals surface area contributed by atoms with Crippen LogP contribution in [0.3, 0.4) is 0 Å². The van der Waals surface area contributed by atoms with Crippen LogP contribution in [-0.4, -0.2) is 68.8 Å². The van der Waals surface area contributed by atoms with Gasteiger partial charge in [-0.05, 0) is 38.1 Å². The van der Waals surface area contributed by atoms with Crippen molar-refractivity contribution in [2.75, 3.05) is 56.8 Å². The van der Waals surface area contributed by atoms with Crippen LogP contribution in [0.5, 0.6) is 5.75 Å². The molecule has 2 heterocycles. The molecule has 2 aliphatic rings. The minimum atomic E-state index is -0.719. The number of carbonyl (C=O) groups excluding carboxylic acids is 2. The standard InChI is InChI=1S/C26H33N5O4/c1-26(2,17-30-11-13-31(14-12-30)20-7-5-4-6-8-20)29-25(33)24(32)28-19-9-10-21(23(15-19)34-3)22-16-35-18-27-22/h4-10,15-16,27H,11-14,17-18H2,1-3H3,(H,28,32)(H,29,33). The largest absolute Gasteiger partial charge is 0.496 e. The molecule has 3 N–H and O–H groups in total. The molecule has 2 aromatic rings. The Bertz CT molecular complexity index is 1080. The summed E-state index contributed by atoms with van der Waals surface area (Å²) >= 11 is 0. The third kappa shape index (κ3) is 6.24. The fourth-order valence-electron chi connectivity index (χ4n) is 4.39. The molecule has 0 atom stereocenters. The number of para-hydroxylation sites is 1. The fourth-order valence-corrected chi connectivity index (χ4v) is 4.39. The van der Waals surface area contributed by atoms with E-state index in [0.717, 1.165) is 37.4 Å². The molecule has 1 fully saturated rings. The van der Waals surface area contributed by atoms with Gasteiger partial charge in [0, 0.05) is 61.3 Å². The van der Waals surface area contributed by atoms with Gasteiger partial charge in [0.25, 0.3) is 0 Å². The summed E-state index contributed by atoms with van der Waals surface area (Å²) in [6.07, 6.45) is 1.62. The van der Waals surface area contributed by atoms with Crippen LogP contribution in [0.2, 0.25) is 0 Å². The van der Waals surface area contributed by atoms with Crippen molar-refractivity contribution >= 4 is 28.9 Å². The highest BCUT2D eigenvalue weighted by Gasteiger charge is 2.29. The predicted octanol–water partition coefficient (Wildman–Crippen LogP) is 2.23. The summed E-state index contributed by atoms with van der Waals surface area (Å²) in [5.74, 6) is -0.833. The number of amides is 2. The molecule has 0 bridgehead atoms. The van der Waals surface area contributed by atoms with Gasteiger partial charge in [0.2, 0.25) is 0 Å². The molecule has 0 aromatic heterocycles. The number of methoxy groups -OCH3 is 1. The molecule has 0 spiro atoms. The van der Waals surface area contributed by atoms with Crippen LogP contribution >= 0.6 is 0 Å². The van der Waals surface area contributed by atoms with Crippen molar-refractivity contribution in [3.8, 4) is 5.75 Å². The monoisotopic (exact) mass is 479 g/mol. The first-order valence-corrected chi connectivity index (χ1v) is 11.7. The van der Waals surface area contributed by atoms with Crippen LogP contribution in [0.1, 0.15) is 19.4 Å². The second-order valence-corrected chi connectivity index (χ2v) is 9.33. The van der Waals surface area contributed by atoms with E-state index in [1.54, 1.807) is 31.6 Å². The molecule has 4 rings (SSSR count). The van der Waals surface area contributed by atoms with Gasteiger partial charge in [0.1, 0.15) is 12.0 Å². The molecule has 0 unspecified atom stereocenters. The summed E-state index contributed by atoms with van der Waals surface area (Å²) in [4.78, 5) is 29.9. The zero-order valence-corrected chi connectivity index (χ0v) is 20.5. The Morgan fingerprint density at radius 2 is 1.80 bits per heavy atom. The number of nitrogens with one attached hydrogen (secondary N) is 3. The smallest absolute Gasteiger partial charge is 0.313 e. The van der Waals surface area contributed by atoms with E-state index < -0.39 is 17.4 Å². The molecule has 2 aromatic carbocycles. The molecular formula is C26H33N5O4. The van der Waals surface area contributed by atoms with E-state index in [-0.39, 0.29) is 0 Å². The maximum atomic E-state index is 12.7. The van der Waals surface area contributed by atoms with Crippen molar-refractivity contribution in [1.29, 1.82) is 0 Å². The quantitative estimate of drug-likeness (QED) is 0.524. The Hall–Kier alpha value is -3.72. The summed E-state index contributed by atoms with van der Waals surface area (Å²) in [5, 5.41) is 8.64. The van der Waals surface area contributed by atoms with Gasteiger partial charge in [-0.3, -0.25) is 14.5 Å². The summed E-state index contributed by atoms with van der Waals surface area (Å²) in [6.45, 7) is 8.55. The molecule has 0 radical (unpaired) electrons. The minimum Gasteiger partial charge on any atom is -0.496 e. The summed E-state index contributed by atoms with van der Waals surface area (Å²) < 4.78 is 10.7. The van der Waals surface area contributed by atoms with Crippen LogP contribution in [-0.2, 0) is 14.3 Å². The number of ether oxygens (including phenoxy) is 2. The Balaban J connectivity index is 1.29. The maximum absolute atomic E-state index is 12.7. The molecule has 35 heavy (non-hydrogen) atoms. The van der Waals surface area contributed by atoms with Crippen LogP contribution in [0.25, 0.3) is 5.70 Å². The molecular weight excluding hydrogens is 446 g/mol. The number of nitrogens with zero attached hydrogens (tertiary/aromatic N) is 2. The second kappa shape index (κ2) is 10.7. The predicted molar refractivity (Wildman–Crippen MR) is 136 cm³/mol. The van der Waals surface area contributed by atoms with Crippen LogP contribution in [0.4, 0.5) is 11.4 Å². The number of carbonyl (C=O) groups is 2. The lowest BCUT2D eigenvalue weighted by atomic mass is 10.0. The van der Waals surface area contributed by atoms with Crippen LogP contribution in [0.15, 0.2) is 54.8 Å². The first kappa shape index (κ1) is 24.4. The molecule has 2 aliphatic heterocycles. The number of benzene rings is 2. The Kier molecular flexibility index (Phi) is 7.45. The third-order valence-corrected chi connectivity index (χ3v) is 6.07. The molecule has 0 aliphatic carbocycles. The van der Waals surface area contributed by atoms with E-state index in [4.69, 9.17) is 9.47 Å². The average molecular weight is 480 g/mol. The van der Waals surface area contributed by atoms with Gasteiger partial charge in [-0.25, -0.2) is 0 Å². The summed E-state index contributed by atoms with van der Waals surface area (Å²) in [6, 6.07) is 15.6. The number of hydrogen-bond donors (Lipinski definition) is 3. The molecule has 1 saturated heterocycles. The van der Waals surface area contributed by atoms with Gasteiger partial charge in [0.15, 0.2) is 6.73 Å². The van der Waals surface area contributed by atoms with Crippen LogP contribution < -0.4 is 25.6 Å². The zero-order chi connectivity index (χ0) is 24.8. The minimum absolute atomic E-state index is 0.398. The number of hydrogen-bond acceptors (Lipinski definition) is 7. The van der Waals surface area contributed by atoms with Crippen molar-refractivity contribution in [3.05, 3.63) is 60.4 Å². The molecule has 2 amide bonds. The topological polar surface area (TPSA) is 95.2 Å². The lowest BCUT2D eigenvalue weighted by Crippen LogP contribution is -2.57. The third-order valence-electron chi connectivity index (χ3n) is 6.07. The zero-order valence-electron chi connectivity index (χ0n) is 20.5. The normalized spacial score (nSPS) is 16.1. The highest BCUT2D eigenvalue weighted by atomic mass is 16.5. The van der Waals surface area contributed by atoms with Crippen molar-refractivity contribution in [3.63, 3.8) is 0 Å². The first-order chi connectivity index (χ1) is 16.8. The number of anilines is 2. The molecule has 0 saturated carbocycles. The average Bonchev–Trinajstić information content (AvgIpc) is 3.39. The van der Waals surface area contributed by atoms with Crippen molar-refractivity contribution in [1.82, 2.24) is 15.5 Å². The lowest BCUT2D eigenvalue weighted by Gasteiger charge is -2.40. The van der Waals surface area contributed by atoms with Gasteiger partial charge in [0.05, 0.1) is 12.8 Å². The lowest BCUT2D eigenvalue weighted by molar-refractivity contribution is -0.137. The van der Waals surface area contributed by atoms with E-state index in [1.807, 2.05) is 19.9 Å². The van der Waals surface area contributed by atoms with Crippen molar-refractivity contribution < 1.29 is 19.1 Å². The Morgan fingerprint density at radius 1 is 1.06 bits per heavy atom. The van der Waals surface area contributed by atoms with E-state index >= 15 is 0 Å². The maximum Gasteiger partial charge on any atom is 0.313 e. The first-order valence-electron chi connectivity index (χ1n) is 11.7. The molecule has 9 heteroatoms. The number of piperazine rings is 1. The van der Waals surface area contributed by atoms with E-state index in [0.29, 0.717) is 24.7 Å². The fraction of sp³-hybridized carbons (Fsp3) is 0.385.